The van der Waals surface area contributed by atoms with Gasteiger partial charge >= 0.3 is 0 Å². The van der Waals surface area contributed by atoms with Crippen molar-refractivity contribution in [3.05, 3.63) is 84.2 Å². The number of benzene rings is 1. The molecule has 5 rings (SSSR count). The molecule has 0 aliphatic rings. The Balaban J connectivity index is 1.74. The molecule has 0 saturated heterocycles. The van der Waals surface area contributed by atoms with Gasteiger partial charge in [0.1, 0.15) is 17.7 Å². The summed E-state index contributed by atoms with van der Waals surface area (Å²) in [4.78, 5) is 17.7. The molecule has 0 amide bonds. The highest BCUT2D eigenvalue weighted by Gasteiger charge is 2.20. The number of hydrogen-bond donors (Lipinski definition) is 1. The minimum atomic E-state index is 0.360. The first-order valence-corrected chi connectivity index (χ1v) is 9.98. The van der Waals surface area contributed by atoms with Crippen molar-refractivity contribution < 1.29 is 0 Å². The summed E-state index contributed by atoms with van der Waals surface area (Å²) in [6.07, 6.45) is 5.04. The van der Waals surface area contributed by atoms with Crippen LogP contribution < -0.4 is 5.73 Å². The third kappa shape index (κ3) is 3.52. The van der Waals surface area contributed by atoms with Crippen molar-refractivity contribution in [2.75, 3.05) is 5.73 Å². The molecule has 0 atom stereocenters. The third-order valence-electron chi connectivity index (χ3n) is 5.12. The van der Waals surface area contributed by atoms with Gasteiger partial charge in [-0.3, -0.25) is 9.67 Å². The van der Waals surface area contributed by atoms with E-state index in [-0.39, 0.29) is 0 Å². The van der Waals surface area contributed by atoms with Crippen molar-refractivity contribution in [1.82, 2.24) is 29.7 Å². The van der Waals surface area contributed by atoms with Gasteiger partial charge in [0.15, 0.2) is 0 Å². The second-order valence-electron chi connectivity index (χ2n) is 7.37. The van der Waals surface area contributed by atoms with E-state index in [0.717, 1.165) is 27.9 Å². The van der Waals surface area contributed by atoms with E-state index in [4.69, 9.17) is 15.8 Å². The lowest BCUT2D eigenvalue weighted by molar-refractivity contribution is 0.679. The molecule has 0 bridgehead atoms. The summed E-state index contributed by atoms with van der Waals surface area (Å²) in [5.74, 6) is 0.360. The first-order valence-electron chi connectivity index (χ1n) is 9.98. The Hall–Kier alpha value is -4.64. The van der Waals surface area contributed by atoms with Crippen molar-refractivity contribution in [2.24, 2.45) is 0 Å². The van der Waals surface area contributed by atoms with Crippen LogP contribution >= 0.6 is 0 Å². The molecule has 0 aliphatic heterocycles. The summed E-state index contributed by atoms with van der Waals surface area (Å²) in [5, 5.41) is 14.9. The van der Waals surface area contributed by atoms with Crippen LogP contribution in [0, 0.1) is 18.3 Å². The SMILES string of the molecule is Cc1cccc(Cn2cc3c(N)nc(-c4cccc(C#N)c4)c(-c4ccncn4)c3n2)n1. The van der Waals surface area contributed by atoms with Crippen LogP contribution in [0.5, 0.6) is 0 Å². The van der Waals surface area contributed by atoms with Crippen molar-refractivity contribution >= 4 is 16.7 Å². The van der Waals surface area contributed by atoms with E-state index in [1.807, 2.05) is 54.2 Å². The summed E-state index contributed by atoms with van der Waals surface area (Å²) < 4.78 is 1.81. The third-order valence-corrected chi connectivity index (χ3v) is 5.12. The Kier molecular flexibility index (Phi) is 4.76. The lowest BCUT2D eigenvalue weighted by Crippen LogP contribution is -2.03. The fourth-order valence-corrected chi connectivity index (χ4v) is 3.70. The highest BCUT2D eigenvalue weighted by atomic mass is 15.3. The molecule has 154 valence electrons. The van der Waals surface area contributed by atoms with Gasteiger partial charge in [-0.25, -0.2) is 15.0 Å². The maximum Gasteiger partial charge on any atom is 0.135 e. The van der Waals surface area contributed by atoms with E-state index in [9.17, 15) is 5.26 Å². The zero-order chi connectivity index (χ0) is 22.1. The largest absolute Gasteiger partial charge is 0.383 e. The van der Waals surface area contributed by atoms with Crippen LogP contribution in [0.2, 0.25) is 0 Å². The standard InChI is InChI=1S/C24H18N8/c1-15-4-2-7-18(29-15)12-32-13-19-23(31-32)21(20-8-9-27-14-28-20)22(30-24(19)26)17-6-3-5-16(10-17)11-25/h2-10,13-14H,12H2,1H3,(H2,26,30). The van der Waals surface area contributed by atoms with Crippen LogP contribution in [0.1, 0.15) is 17.0 Å². The Morgan fingerprint density at radius 2 is 1.97 bits per heavy atom. The average Bonchev–Trinajstić information content (AvgIpc) is 3.23. The molecule has 8 nitrogen and oxygen atoms in total. The van der Waals surface area contributed by atoms with Crippen LogP contribution in [0.15, 0.2) is 67.3 Å². The summed E-state index contributed by atoms with van der Waals surface area (Å²) in [6.45, 7) is 2.46. The van der Waals surface area contributed by atoms with Crippen molar-refractivity contribution in [3.8, 4) is 28.6 Å². The monoisotopic (exact) mass is 418 g/mol. The molecule has 4 aromatic heterocycles. The van der Waals surface area contributed by atoms with Gasteiger partial charge in [0.25, 0.3) is 0 Å². The molecule has 0 saturated carbocycles. The number of pyridine rings is 2. The first kappa shape index (κ1) is 19.3. The molecule has 0 unspecified atom stereocenters. The molecule has 8 heteroatoms. The predicted octanol–water partition coefficient (Wildman–Crippen LogP) is 3.76. The van der Waals surface area contributed by atoms with E-state index < -0.39 is 0 Å². The molecule has 0 spiro atoms. The van der Waals surface area contributed by atoms with Crippen LogP contribution in [0.25, 0.3) is 33.4 Å². The van der Waals surface area contributed by atoms with Gasteiger partial charge in [0, 0.05) is 23.7 Å². The van der Waals surface area contributed by atoms with Gasteiger partial charge in [-0.15, -0.1) is 0 Å². The normalized spacial score (nSPS) is 10.9. The Bertz CT molecular complexity index is 1480. The molecule has 0 fully saturated rings. The molecule has 0 radical (unpaired) electrons. The van der Waals surface area contributed by atoms with Crippen molar-refractivity contribution in [2.45, 2.75) is 13.5 Å². The van der Waals surface area contributed by atoms with Gasteiger partial charge in [0.05, 0.1) is 46.2 Å². The fourth-order valence-electron chi connectivity index (χ4n) is 3.70. The molecule has 1 aromatic carbocycles. The smallest absolute Gasteiger partial charge is 0.135 e. The fraction of sp³-hybridized carbons (Fsp3) is 0.0833. The Labute approximate surface area is 184 Å². The average molecular weight is 418 g/mol. The maximum atomic E-state index is 9.35. The highest BCUT2D eigenvalue weighted by Crippen LogP contribution is 2.37. The predicted molar refractivity (Wildman–Crippen MR) is 121 cm³/mol. The number of anilines is 1. The van der Waals surface area contributed by atoms with Gasteiger partial charge in [-0.05, 0) is 37.3 Å². The van der Waals surface area contributed by atoms with E-state index >= 15 is 0 Å². The number of aromatic nitrogens is 6. The van der Waals surface area contributed by atoms with Crippen LogP contribution in [-0.2, 0) is 6.54 Å². The van der Waals surface area contributed by atoms with Gasteiger partial charge in [0.2, 0.25) is 0 Å². The van der Waals surface area contributed by atoms with E-state index in [1.54, 1.807) is 18.3 Å². The molecule has 0 aliphatic carbocycles. The topological polar surface area (TPSA) is 119 Å². The highest BCUT2D eigenvalue weighted by molar-refractivity contribution is 6.03. The number of nitrogen functional groups attached to an aromatic ring is 1. The molecule has 5 aromatic rings. The number of nitrogens with two attached hydrogens (primary N) is 1. The second-order valence-corrected chi connectivity index (χ2v) is 7.37. The number of nitrogens with zero attached hydrogens (tertiary/aromatic N) is 7. The van der Waals surface area contributed by atoms with Crippen LogP contribution in [-0.4, -0.2) is 29.7 Å². The second kappa shape index (κ2) is 7.89. The van der Waals surface area contributed by atoms with Gasteiger partial charge < -0.3 is 5.73 Å². The molecule has 4 heterocycles. The van der Waals surface area contributed by atoms with E-state index in [1.165, 1.54) is 6.33 Å². The van der Waals surface area contributed by atoms with Crippen LogP contribution in [0.3, 0.4) is 0 Å². The summed E-state index contributed by atoms with van der Waals surface area (Å²) >= 11 is 0. The van der Waals surface area contributed by atoms with Crippen LogP contribution in [0.4, 0.5) is 5.82 Å². The Morgan fingerprint density at radius 3 is 2.75 bits per heavy atom. The lowest BCUT2D eigenvalue weighted by atomic mass is 9.99. The summed E-state index contributed by atoms with van der Waals surface area (Å²) in [6, 6.07) is 17.1. The summed E-state index contributed by atoms with van der Waals surface area (Å²) in [7, 11) is 0. The van der Waals surface area contributed by atoms with Gasteiger partial charge in [-0.2, -0.15) is 10.4 Å². The zero-order valence-corrected chi connectivity index (χ0v) is 17.3. The number of hydrogen-bond acceptors (Lipinski definition) is 7. The zero-order valence-electron chi connectivity index (χ0n) is 17.3. The first-order chi connectivity index (χ1) is 15.6. The van der Waals surface area contributed by atoms with E-state index in [0.29, 0.717) is 34.8 Å². The van der Waals surface area contributed by atoms with Crippen molar-refractivity contribution in [3.63, 3.8) is 0 Å². The molecule has 32 heavy (non-hydrogen) atoms. The number of fused-ring (bicyclic) bond motifs is 1. The quantitative estimate of drug-likeness (QED) is 0.472. The minimum Gasteiger partial charge on any atom is -0.383 e. The lowest BCUT2D eigenvalue weighted by Gasteiger charge is -2.11. The number of nitriles is 1. The van der Waals surface area contributed by atoms with Crippen molar-refractivity contribution in [1.29, 1.82) is 5.26 Å². The molecular formula is C24H18N8. The molecular weight excluding hydrogens is 400 g/mol. The molecule has 2 N–H and O–H groups in total. The summed E-state index contributed by atoms with van der Waals surface area (Å²) in [5.41, 5.74) is 12.2. The minimum absolute atomic E-state index is 0.360. The Morgan fingerprint density at radius 1 is 1.09 bits per heavy atom. The number of aryl methyl sites for hydroxylation is 1. The maximum absolute atomic E-state index is 9.35. The number of rotatable bonds is 4. The van der Waals surface area contributed by atoms with Gasteiger partial charge in [-0.1, -0.05) is 18.2 Å². The van der Waals surface area contributed by atoms with E-state index in [2.05, 4.69) is 21.0 Å².